The largest absolute Gasteiger partial charge is 0.464 e. The molecule has 1 aromatic carbocycles. The summed E-state index contributed by atoms with van der Waals surface area (Å²) in [6.07, 6.45) is 0. The number of aryl methyl sites for hydroxylation is 2. The van der Waals surface area contributed by atoms with Gasteiger partial charge in [-0.05, 0) is 26.3 Å². The Bertz CT molecular complexity index is 569. The van der Waals surface area contributed by atoms with E-state index in [0.717, 1.165) is 11.1 Å². The molecule has 2 rings (SSSR count). The summed E-state index contributed by atoms with van der Waals surface area (Å²) in [7, 11) is 0. The lowest BCUT2D eigenvalue weighted by molar-refractivity contribution is 0.312. The van der Waals surface area contributed by atoms with Crippen molar-refractivity contribution in [2.24, 2.45) is 0 Å². The van der Waals surface area contributed by atoms with E-state index in [2.05, 4.69) is 21.0 Å². The molecule has 0 radical (unpaired) electrons. The average Bonchev–Trinajstić information content (AvgIpc) is 2.28. The van der Waals surface area contributed by atoms with Crippen LogP contribution in [0.4, 0.5) is 5.95 Å². The van der Waals surface area contributed by atoms with E-state index >= 15 is 0 Å². The van der Waals surface area contributed by atoms with Crippen LogP contribution in [0.15, 0.2) is 18.2 Å². The van der Waals surface area contributed by atoms with Gasteiger partial charge in [0.15, 0.2) is 5.82 Å². The zero-order valence-electron chi connectivity index (χ0n) is 10.8. The van der Waals surface area contributed by atoms with Gasteiger partial charge < -0.3 is 10.5 Å². The van der Waals surface area contributed by atoms with Crippen LogP contribution in [-0.4, -0.2) is 21.6 Å². The SMILES string of the molecule is CCOc1nc(N)nc(-c2ccc(C)cc2C)n1. The molecule has 5 heteroatoms. The van der Waals surface area contributed by atoms with Crippen LogP contribution in [0.2, 0.25) is 0 Å². The Balaban J connectivity index is 2.49. The standard InChI is InChI=1S/C13H16N4O/c1-4-18-13-16-11(15-12(14)17-13)10-6-5-8(2)7-9(10)3/h5-7H,4H2,1-3H3,(H2,14,15,16,17). The highest BCUT2D eigenvalue weighted by Crippen LogP contribution is 2.22. The molecular weight excluding hydrogens is 228 g/mol. The van der Waals surface area contributed by atoms with Gasteiger partial charge in [0.05, 0.1) is 6.61 Å². The Kier molecular flexibility index (Phi) is 3.41. The third-order valence-corrected chi connectivity index (χ3v) is 2.53. The Morgan fingerprint density at radius 3 is 2.61 bits per heavy atom. The summed E-state index contributed by atoms with van der Waals surface area (Å²) in [4.78, 5) is 12.3. The number of nitrogens with zero attached hydrogens (tertiary/aromatic N) is 3. The first-order valence-electron chi connectivity index (χ1n) is 5.82. The number of rotatable bonds is 3. The van der Waals surface area contributed by atoms with Crippen LogP contribution in [0.3, 0.4) is 0 Å². The smallest absolute Gasteiger partial charge is 0.321 e. The second-order valence-corrected chi connectivity index (χ2v) is 4.05. The van der Waals surface area contributed by atoms with Crippen molar-refractivity contribution in [3.8, 4) is 17.4 Å². The molecule has 0 aliphatic rings. The minimum absolute atomic E-state index is 0.170. The van der Waals surface area contributed by atoms with Crippen molar-refractivity contribution in [3.63, 3.8) is 0 Å². The molecule has 1 aromatic heterocycles. The molecule has 0 aliphatic carbocycles. The first-order chi connectivity index (χ1) is 8.60. The highest BCUT2D eigenvalue weighted by molar-refractivity contribution is 5.61. The number of nitrogen functional groups attached to an aromatic ring is 1. The molecule has 0 unspecified atom stereocenters. The monoisotopic (exact) mass is 244 g/mol. The molecule has 0 aliphatic heterocycles. The maximum Gasteiger partial charge on any atom is 0.321 e. The highest BCUT2D eigenvalue weighted by atomic mass is 16.5. The van der Waals surface area contributed by atoms with Gasteiger partial charge in [0, 0.05) is 5.56 Å². The van der Waals surface area contributed by atoms with Gasteiger partial charge in [0.2, 0.25) is 5.95 Å². The van der Waals surface area contributed by atoms with Crippen LogP contribution >= 0.6 is 0 Å². The molecule has 5 nitrogen and oxygen atoms in total. The summed E-state index contributed by atoms with van der Waals surface area (Å²) < 4.78 is 5.27. The Labute approximate surface area is 106 Å². The van der Waals surface area contributed by atoms with Gasteiger partial charge in [-0.15, -0.1) is 0 Å². The average molecular weight is 244 g/mol. The van der Waals surface area contributed by atoms with E-state index < -0.39 is 0 Å². The van der Waals surface area contributed by atoms with Crippen molar-refractivity contribution >= 4 is 5.95 Å². The molecule has 0 bridgehead atoms. The highest BCUT2D eigenvalue weighted by Gasteiger charge is 2.09. The zero-order chi connectivity index (χ0) is 13.1. The molecule has 0 spiro atoms. The Hall–Kier alpha value is -2.17. The molecule has 2 aromatic rings. The normalized spacial score (nSPS) is 10.4. The van der Waals surface area contributed by atoms with Gasteiger partial charge >= 0.3 is 6.01 Å². The fraction of sp³-hybridized carbons (Fsp3) is 0.308. The molecule has 0 saturated heterocycles. The summed E-state index contributed by atoms with van der Waals surface area (Å²) >= 11 is 0. The zero-order valence-corrected chi connectivity index (χ0v) is 10.8. The van der Waals surface area contributed by atoms with Crippen molar-refractivity contribution < 1.29 is 4.74 Å². The summed E-state index contributed by atoms with van der Waals surface area (Å²) in [5, 5.41) is 0. The lowest BCUT2D eigenvalue weighted by Crippen LogP contribution is -2.05. The predicted molar refractivity (Wildman–Crippen MR) is 70.3 cm³/mol. The predicted octanol–water partition coefficient (Wildman–Crippen LogP) is 2.14. The number of anilines is 1. The van der Waals surface area contributed by atoms with Crippen LogP contribution in [0.1, 0.15) is 18.1 Å². The second kappa shape index (κ2) is 5.00. The summed E-state index contributed by atoms with van der Waals surface area (Å²) in [5.41, 5.74) is 8.90. The van der Waals surface area contributed by atoms with Crippen molar-refractivity contribution in [3.05, 3.63) is 29.3 Å². The quantitative estimate of drug-likeness (QED) is 0.895. The Morgan fingerprint density at radius 1 is 1.17 bits per heavy atom. The Morgan fingerprint density at radius 2 is 1.94 bits per heavy atom. The summed E-state index contributed by atoms with van der Waals surface area (Å²) in [5.74, 6) is 0.715. The lowest BCUT2D eigenvalue weighted by Gasteiger charge is -2.08. The van der Waals surface area contributed by atoms with E-state index in [1.807, 2.05) is 32.9 Å². The number of hydrogen-bond acceptors (Lipinski definition) is 5. The molecule has 0 atom stereocenters. The number of ether oxygens (including phenoxy) is 1. The van der Waals surface area contributed by atoms with Crippen LogP contribution in [0.5, 0.6) is 6.01 Å². The molecule has 0 amide bonds. The van der Waals surface area contributed by atoms with Crippen LogP contribution in [0.25, 0.3) is 11.4 Å². The number of hydrogen-bond donors (Lipinski definition) is 1. The molecule has 18 heavy (non-hydrogen) atoms. The van der Waals surface area contributed by atoms with Gasteiger partial charge in [-0.25, -0.2) is 0 Å². The van der Waals surface area contributed by atoms with Gasteiger partial charge in [0.25, 0.3) is 0 Å². The minimum Gasteiger partial charge on any atom is -0.464 e. The van der Waals surface area contributed by atoms with E-state index in [0.29, 0.717) is 12.4 Å². The topological polar surface area (TPSA) is 73.9 Å². The van der Waals surface area contributed by atoms with E-state index in [-0.39, 0.29) is 12.0 Å². The maximum atomic E-state index is 5.66. The first-order valence-corrected chi connectivity index (χ1v) is 5.82. The van der Waals surface area contributed by atoms with Crippen LogP contribution in [-0.2, 0) is 0 Å². The number of nitrogens with two attached hydrogens (primary N) is 1. The van der Waals surface area contributed by atoms with Gasteiger partial charge in [-0.2, -0.15) is 15.0 Å². The van der Waals surface area contributed by atoms with Crippen molar-refractivity contribution in [1.82, 2.24) is 15.0 Å². The van der Waals surface area contributed by atoms with Gasteiger partial charge in [-0.1, -0.05) is 23.8 Å². The van der Waals surface area contributed by atoms with Crippen molar-refractivity contribution in [2.75, 3.05) is 12.3 Å². The second-order valence-electron chi connectivity index (χ2n) is 4.05. The van der Waals surface area contributed by atoms with E-state index in [1.165, 1.54) is 5.56 Å². The fourth-order valence-electron chi connectivity index (χ4n) is 1.75. The van der Waals surface area contributed by atoms with E-state index in [1.54, 1.807) is 0 Å². The molecule has 94 valence electrons. The number of benzene rings is 1. The third kappa shape index (κ3) is 2.56. The molecule has 0 saturated carbocycles. The first kappa shape index (κ1) is 12.3. The third-order valence-electron chi connectivity index (χ3n) is 2.53. The van der Waals surface area contributed by atoms with Crippen molar-refractivity contribution in [1.29, 1.82) is 0 Å². The molecule has 1 heterocycles. The summed E-state index contributed by atoms with van der Waals surface area (Å²) in [6.45, 7) is 6.43. The number of aromatic nitrogens is 3. The van der Waals surface area contributed by atoms with Crippen LogP contribution < -0.4 is 10.5 Å². The minimum atomic E-state index is 0.170. The fourth-order valence-corrected chi connectivity index (χ4v) is 1.75. The van der Waals surface area contributed by atoms with Crippen LogP contribution in [0, 0.1) is 13.8 Å². The lowest BCUT2D eigenvalue weighted by atomic mass is 10.1. The summed E-state index contributed by atoms with van der Waals surface area (Å²) in [6, 6.07) is 6.34. The maximum absolute atomic E-state index is 5.66. The molecular formula is C13H16N4O. The van der Waals surface area contributed by atoms with Crippen molar-refractivity contribution in [2.45, 2.75) is 20.8 Å². The van der Waals surface area contributed by atoms with E-state index in [4.69, 9.17) is 10.5 Å². The van der Waals surface area contributed by atoms with E-state index in [9.17, 15) is 0 Å². The van der Waals surface area contributed by atoms with Gasteiger partial charge in [0.1, 0.15) is 0 Å². The molecule has 2 N–H and O–H groups in total. The van der Waals surface area contributed by atoms with Gasteiger partial charge in [-0.3, -0.25) is 0 Å². The molecule has 0 fully saturated rings.